The highest BCUT2D eigenvalue weighted by atomic mass is 16.6. The van der Waals surface area contributed by atoms with E-state index in [0.29, 0.717) is 11.7 Å². The Morgan fingerprint density at radius 1 is 1.58 bits per heavy atom. The molecule has 2 N–H and O–H groups in total. The van der Waals surface area contributed by atoms with Crippen LogP contribution in [0.4, 0.5) is 4.79 Å². The minimum Gasteiger partial charge on any atom is -0.444 e. The number of hydrogen-bond donors (Lipinski definition) is 2. The third kappa shape index (κ3) is 3.70. The molecule has 0 spiro atoms. The number of alkyl carbamates (subject to hydrolysis) is 1. The quantitative estimate of drug-likeness (QED) is 0.872. The van der Waals surface area contributed by atoms with Gasteiger partial charge in [0.25, 0.3) is 0 Å². The fraction of sp³-hybridized carbons (Fsp3) is 0.692. The zero-order valence-corrected chi connectivity index (χ0v) is 11.6. The number of aliphatic hydroxyl groups is 1. The molecule has 0 saturated heterocycles. The topological polar surface area (TPSA) is 76.4 Å². The van der Waals surface area contributed by atoms with Crippen LogP contribution in [0.5, 0.6) is 0 Å². The molecule has 1 amide bonds. The van der Waals surface area contributed by atoms with Crippen molar-refractivity contribution in [1.82, 2.24) is 15.1 Å². The number of hydrogen-bond acceptors (Lipinski definition) is 4. The molecular formula is C13H21N3O3. The second kappa shape index (κ2) is 5.21. The largest absolute Gasteiger partial charge is 0.444 e. The lowest BCUT2D eigenvalue weighted by molar-refractivity contribution is 0.0452. The lowest BCUT2D eigenvalue weighted by Gasteiger charge is -2.36. The molecule has 106 valence electrons. The SMILES string of the molecule is CC(C)(C)OC(=O)NC1CC(n2ccc(CO)n2)C1. The average molecular weight is 267 g/mol. The third-order valence-electron chi connectivity index (χ3n) is 3.03. The first-order valence-corrected chi connectivity index (χ1v) is 6.52. The van der Waals surface area contributed by atoms with Crippen LogP contribution in [0.3, 0.4) is 0 Å². The summed E-state index contributed by atoms with van der Waals surface area (Å²) in [7, 11) is 0. The minimum absolute atomic E-state index is 0.0424. The Hall–Kier alpha value is -1.56. The van der Waals surface area contributed by atoms with Gasteiger partial charge in [0, 0.05) is 12.2 Å². The maximum Gasteiger partial charge on any atom is 0.407 e. The number of carbonyl (C=O) groups is 1. The molecule has 6 nitrogen and oxygen atoms in total. The van der Waals surface area contributed by atoms with Crippen molar-refractivity contribution in [2.75, 3.05) is 0 Å². The van der Waals surface area contributed by atoms with E-state index in [2.05, 4.69) is 10.4 Å². The van der Waals surface area contributed by atoms with Gasteiger partial charge >= 0.3 is 6.09 Å². The van der Waals surface area contributed by atoms with Gasteiger partial charge in [-0.25, -0.2) is 4.79 Å². The van der Waals surface area contributed by atoms with E-state index in [9.17, 15) is 4.79 Å². The van der Waals surface area contributed by atoms with Crippen molar-refractivity contribution >= 4 is 6.09 Å². The van der Waals surface area contributed by atoms with Crippen LogP contribution in [-0.4, -0.2) is 32.6 Å². The Labute approximate surface area is 112 Å². The number of rotatable bonds is 3. The van der Waals surface area contributed by atoms with Crippen LogP contribution in [-0.2, 0) is 11.3 Å². The van der Waals surface area contributed by atoms with Crippen LogP contribution < -0.4 is 5.32 Å². The molecular weight excluding hydrogens is 246 g/mol. The van der Waals surface area contributed by atoms with E-state index in [1.54, 1.807) is 6.07 Å². The standard InChI is InChI=1S/C13H21N3O3/c1-13(2,3)19-12(18)14-10-6-11(7-10)16-5-4-9(8-17)15-16/h4-5,10-11,17H,6-8H2,1-3H3,(H,14,18). The van der Waals surface area contributed by atoms with Gasteiger partial charge in [-0.2, -0.15) is 5.10 Å². The summed E-state index contributed by atoms with van der Waals surface area (Å²) in [6.45, 7) is 5.49. The molecule has 0 bridgehead atoms. The molecule has 1 fully saturated rings. The summed E-state index contributed by atoms with van der Waals surface area (Å²) < 4.78 is 7.05. The number of nitrogens with zero attached hydrogens (tertiary/aromatic N) is 2. The number of nitrogens with one attached hydrogen (secondary N) is 1. The normalized spacial score (nSPS) is 22.7. The first-order valence-electron chi connectivity index (χ1n) is 6.52. The molecule has 1 saturated carbocycles. The van der Waals surface area contributed by atoms with Crippen LogP contribution in [0.25, 0.3) is 0 Å². The van der Waals surface area contributed by atoms with Crippen molar-refractivity contribution < 1.29 is 14.6 Å². The fourth-order valence-corrected chi connectivity index (χ4v) is 2.06. The molecule has 1 aliphatic carbocycles. The van der Waals surface area contributed by atoms with Gasteiger partial charge in [0.2, 0.25) is 0 Å². The summed E-state index contributed by atoms with van der Waals surface area (Å²) in [5.74, 6) is 0. The van der Waals surface area contributed by atoms with Crippen LogP contribution >= 0.6 is 0 Å². The molecule has 19 heavy (non-hydrogen) atoms. The zero-order chi connectivity index (χ0) is 14.0. The van der Waals surface area contributed by atoms with Gasteiger partial charge in [-0.3, -0.25) is 4.68 Å². The van der Waals surface area contributed by atoms with Crippen molar-refractivity contribution in [2.24, 2.45) is 0 Å². The number of ether oxygens (including phenoxy) is 1. The van der Waals surface area contributed by atoms with Crippen molar-refractivity contribution in [3.8, 4) is 0 Å². The maximum absolute atomic E-state index is 11.6. The molecule has 0 unspecified atom stereocenters. The summed E-state index contributed by atoms with van der Waals surface area (Å²) in [4.78, 5) is 11.6. The van der Waals surface area contributed by atoms with Gasteiger partial charge in [-0.1, -0.05) is 0 Å². The molecule has 0 atom stereocenters. The van der Waals surface area contributed by atoms with Crippen LogP contribution in [0.1, 0.15) is 45.3 Å². The zero-order valence-electron chi connectivity index (χ0n) is 11.6. The predicted molar refractivity (Wildman–Crippen MR) is 69.6 cm³/mol. The van der Waals surface area contributed by atoms with E-state index in [4.69, 9.17) is 9.84 Å². The second-order valence-corrected chi connectivity index (χ2v) is 5.91. The minimum atomic E-state index is -0.467. The van der Waals surface area contributed by atoms with E-state index >= 15 is 0 Å². The van der Waals surface area contributed by atoms with Gasteiger partial charge in [0.1, 0.15) is 5.60 Å². The van der Waals surface area contributed by atoms with E-state index in [1.807, 2.05) is 31.6 Å². The van der Waals surface area contributed by atoms with Gasteiger partial charge in [-0.15, -0.1) is 0 Å². The predicted octanol–water partition coefficient (Wildman–Crippen LogP) is 1.60. The monoisotopic (exact) mass is 267 g/mol. The van der Waals surface area contributed by atoms with Gasteiger partial charge in [0.05, 0.1) is 18.3 Å². The van der Waals surface area contributed by atoms with Crippen molar-refractivity contribution in [3.63, 3.8) is 0 Å². The summed E-state index contributed by atoms with van der Waals surface area (Å²) in [6, 6.07) is 2.23. The highest BCUT2D eigenvalue weighted by molar-refractivity contribution is 5.68. The molecule has 0 aromatic carbocycles. The number of carbonyl (C=O) groups excluding carboxylic acids is 1. The third-order valence-corrected chi connectivity index (χ3v) is 3.03. The fourth-order valence-electron chi connectivity index (χ4n) is 2.06. The van der Waals surface area contributed by atoms with Crippen molar-refractivity contribution in [1.29, 1.82) is 0 Å². The maximum atomic E-state index is 11.6. The lowest BCUT2D eigenvalue weighted by Crippen LogP contribution is -2.46. The Bertz CT molecular complexity index is 444. The van der Waals surface area contributed by atoms with Gasteiger partial charge in [0.15, 0.2) is 0 Å². The smallest absolute Gasteiger partial charge is 0.407 e. The van der Waals surface area contributed by atoms with Crippen LogP contribution in [0, 0.1) is 0 Å². The first kappa shape index (κ1) is 13.9. The molecule has 0 radical (unpaired) electrons. The van der Waals surface area contributed by atoms with Crippen molar-refractivity contribution in [3.05, 3.63) is 18.0 Å². The average Bonchev–Trinajstić information content (AvgIpc) is 2.68. The lowest BCUT2D eigenvalue weighted by atomic mass is 9.87. The molecule has 1 heterocycles. The van der Waals surface area contributed by atoms with E-state index in [1.165, 1.54) is 0 Å². The van der Waals surface area contributed by atoms with Gasteiger partial charge in [-0.05, 0) is 39.7 Å². The molecule has 2 rings (SSSR count). The number of aromatic nitrogens is 2. The number of aliphatic hydroxyl groups excluding tert-OH is 1. The highest BCUT2D eigenvalue weighted by Crippen LogP contribution is 2.31. The highest BCUT2D eigenvalue weighted by Gasteiger charge is 2.33. The Morgan fingerprint density at radius 3 is 2.79 bits per heavy atom. The summed E-state index contributed by atoms with van der Waals surface area (Å²) in [5.41, 5.74) is 0.203. The molecule has 1 aliphatic rings. The summed E-state index contributed by atoms with van der Waals surface area (Å²) >= 11 is 0. The van der Waals surface area contributed by atoms with Crippen LogP contribution in [0.2, 0.25) is 0 Å². The Morgan fingerprint density at radius 2 is 2.26 bits per heavy atom. The first-order chi connectivity index (χ1) is 8.87. The molecule has 1 aromatic rings. The van der Waals surface area contributed by atoms with Crippen LogP contribution in [0.15, 0.2) is 12.3 Å². The second-order valence-electron chi connectivity index (χ2n) is 5.91. The summed E-state index contributed by atoms with van der Waals surface area (Å²) in [6.07, 6.45) is 3.17. The number of amides is 1. The molecule has 0 aliphatic heterocycles. The van der Waals surface area contributed by atoms with E-state index < -0.39 is 5.60 Å². The summed E-state index contributed by atoms with van der Waals surface area (Å²) in [5, 5.41) is 16.0. The Kier molecular flexibility index (Phi) is 3.80. The molecule has 1 aromatic heterocycles. The van der Waals surface area contributed by atoms with Crippen molar-refractivity contribution in [2.45, 2.75) is 57.9 Å². The molecule has 6 heteroatoms. The Balaban J connectivity index is 1.76. The van der Waals surface area contributed by atoms with E-state index in [0.717, 1.165) is 12.8 Å². The van der Waals surface area contributed by atoms with E-state index in [-0.39, 0.29) is 18.7 Å². The van der Waals surface area contributed by atoms with Gasteiger partial charge < -0.3 is 15.2 Å².